The standard InChI is InChI=1S/C23H15N3O8S3/c1-2-3-4-34-22(27)15-7-11(24(28)29)5-13-19(15)21-14(6-12(25(30)31)8-16(21)26(32)33)20(13)23-36-17-9-35-10-18(17)37-23/h5-10H,2-4H2,1H3. The molecule has 0 N–H and O–H groups in total. The summed E-state index contributed by atoms with van der Waals surface area (Å²) in [4.78, 5) is 48.5. The molecule has 14 heteroatoms. The highest BCUT2D eigenvalue weighted by Crippen LogP contribution is 2.61. The maximum atomic E-state index is 13.1. The van der Waals surface area contributed by atoms with Crippen LogP contribution in [-0.4, -0.2) is 27.3 Å². The number of nitrogens with zero attached hydrogens (tertiary/aromatic N) is 3. The van der Waals surface area contributed by atoms with E-state index < -0.39 is 37.8 Å². The van der Waals surface area contributed by atoms with E-state index in [2.05, 4.69) is 0 Å². The second-order valence-corrected chi connectivity index (χ2v) is 11.1. The van der Waals surface area contributed by atoms with Gasteiger partial charge in [0.15, 0.2) is 0 Å². The van der Waals surface area contributed by atoms with Crippen molar-refractivity contribution >= 4 is 63.5 Å². The van der Waals surface area contributed by atoms with E-state index >= 15 is 0 Å². The molecule has 0 spiro atoms. The van der Waals surface area contributed by atoms with Gasteiger partial charge in [-0.15, -0.1) is 0 Å². The minimum atomic E-state index is -0.858. The van der Waals surface area contributed by atoms with Gasteiger partial charge in [-0.2, -0.15) is 11.3 Å². The van der Waals surface area contributed by atoms with Gasteiger partial charge in [0.1, 0.15) is 0 Å². The number of rotatable bonds is 7. The third kappa shape index (κ3) is 4.26. The van der Waals surface area contributed by atoms with Crippen LogP contribution in [0.25, 0.3) is 16.7 Å². The van der Waals surface area contributed by atoms with Crippen LogP contribution in [0.2, 0.25) is 0 Å². The van der Waals surface area contributed by atoms with Crippen molar-refractivity contribution in [2.45, 2.75) is 29.6 Å². The van der Waals surface area contributed by atoms with Crippen LogP contribution in [-0.2, 0) is 4.74 Å². The second-order valence-electron chi connectivity index (χ2n) is 8.03. The minimum absolute atomic E-state index is 0.000957. The highest BCUT2D eigenvalue weighted by molar-refractivity contribution is 8.25. The van der Waals surface area contributed by atoms with E-state index in [-0.39, 0.29) is 34.4 Å². The summed E-state index contributed by atoms with van der Waals surface area (Å²) >= 11 is 4.24. The van der Waals surface area contributed by atoms with Gasteiger partial charge in [-0.25, -0.2) is 4.79 Å². The Morgan fingerprint density at radius 3 is 2.03 bits per heavy atom. The molecule has 3 aromatic rings. The van der Waals surface area contributed by atoms with Crippen LogP contribution >= 0.6 is 34.9 Å². The van der Waals surface area contributed by atoms with Gasteiger partial charge in [0.25, 0.3) is 17.1 Å². The number of carbonyl (C=O) groups excluding carboxylic acids is 1. The van der Waals surface area contributed by atoms with Gasteiger partial charge in [-0.1, -0.05) is 36.9 Å². The largest absolute Gasteiger partial charge is 0.462 e. The smallest absolute Gasteiger partial charge is 0.339 e. The van der Waals surface area contributed by atoms with Crippen molar-refractivity contribution in [3.8, 4) is 11.1 Å². The molecule has 0 saturated heterocycles. The molecule has 0 amide bonds. The maximum absolute atomic E-state index is 13.1. The molecule has 1 aliphatic heterocycles. The van der Waals surface area contributed by atoms with E-state index in [9.17, 15) is 35.1 Å². The Morgan fingerprint density at radius 1 is 0.865 bits per heavy atom. The molecule has 0 radical (unpaired) electrons. The monoisotopic (exact) mass is 557 g/mol. The van der Waals surface area contributed by atoms with E-state index in [4.69, 9.17) is 4.74 Å². The first-order valence-corrected chi connectivity index (χ1v) is 13.4. The lowest BCUT2D eigenvalue weighted by atomic mass is 9.97. The van der Waals surface area contributed by atoms with Crippen molar-refractivity contribution in [1.82, 2.24) is 0 Å². The second kappa shape index (κ2) is 9.61. The Hall–Kier alpha value is -3.75. The molecule has 188 valence electrons. The molecule has 1 aliphatic carbocycles. The van der Waals surface area contributed by atoms with Gasteiger partial charge in [-0.05, 0) is 12.0 Å². The van der Waals surface area contributed by atoms with Gasteiger partial charge in [-0.3, -0.25) is 30.3 Å². The van der Waals surface area contributed by atoms with Gasteiger partial charge in [0.2, 0.25) is 0 Å². The topological polar surface area (TPSA) is 156 Å². The van der Waals surface area contributed by atoms with E-state index in [0.29, 0.717) is 16.2 Å². The number of unbranched alkanes of at least 4 members (excludes halogenated alkanes) is 1. The first kappa shape index (κ1) is 24.9. The van der Waals surface area contributed by atoms with Gasteiger partial charge in [0.05, 0.1) is 42.8 Å². The molecule has 0 unspecified atom stereocenters. The molecular formula is C23H15N3O8S3. The molecule has 0 fully saturated rings. The first-order valence-electron chi connectivity index (χ1n) is 10.8. The number of nitro groups is 3. The van der Waals surface area contributed by atoms with Gasteiger partial charge in [0, 0.05) is 55.5 Å². The summed E-state index contributed by atoms with van der Waals surface area (Å²) in [5.74, 6) is -0.858. The van der Waals surface area contributed by atoms with E-state index in [1.54, 1.807) is 0 Å². The average Bonchev–Trinajstić information content (AvgIpc) is 3.54. The normalized spacial score (nSPS) is 13.2. The van der Waals surface area contributed by atoms with Crippen LogP contribution in [0.3, 0.4) is 0 Å². The lowest BCUT2D eigenvalue weighted by Crippen LogP contribution is -2.09. The zero-order valence-corrected chi connectivity index (χ0v) is 21.4. The molecule has 2 heterocycles. The quantitative estimate of drug-likeness (QED) is 0.100. The number of carbonyl (C=O) groups is 1. The SMILES string of the molecule is CCCCOC(=O)c1cc([N+](=O)[O-])cc2c1-c1c(cc([N+](=O)[O-])cc1[N+](=O)[O-])C2=C1Sc2cscc2S1. The third-order valence-corrected chi connectivity index (χ3v) is 9.35. The van der Waals surface area contributed by atoms with Crippen LogP contribution in [0.1, 0.15) is 41.3 Å². The van der Waals surface area contributed by atoms with Crippen molar-refractivity contribution in [3.63, 3.8) is 0 Å². The van der Waals surface area contributed by atoms with Gasteiger partial charge < -0.3 is 4.74 Å². The maximum Gasteiger partial charge on any atom is 0.339 e. The molecule has 1 aromatic heterocycles. The van der Waals surface area contributed by atoms with Crippen molar-refractivity contribution in [1.29, 1.82) is 0 Å². The fourth-order valence-corrected chi connectivity index (χ4v) is 7.93. The van der Waals surface area contributed by atoms with Crippen LogP contribution in [0.15, 0.2) is 49.1 Å². The highest BCUT2D eigenvalue weighted by atomic mass is 32.2. The number of thioether (sulfide) groups is 2. The Balaban J connectivity index is 1.85. The lowest BCUT2D eigenvalue weighted by Gasteiger charge is -2.10. The summed E-state index contributed by atoms with van der Waals surface area (Å²) in [5.41, 5.74) is -0.800. The summed E-state index contributed by atoms with van der Waals surface area (Å²) in [5, 5.41) is 39.5. The molecule has 2 aromatic carbocycles. The molecule has 11 nitrogen and oxygen atoms in total. The van der Waals surface area contributed by atoms with Crippen molar-refractivity contribution in [2.24, 2.45) is 0 Å². The summed E-state index contributed by atoms with van der Waals surface area (Å²) in [6, 6.07) is 4.36. The molecule has 5 rings (SSSR count). The number of thiophene rings is 1. The van der Waals surface area contributed by atoms with Crippen LogP contribution < -0.4 is 0 Å². The molecule has 0 atom stereocenters. The number of non-ortho nitro benzene ring substituents is 2. The molecular weight excluding hydrogens is 542 g/mol. The number of hydrogen-bond donors (Lipinski definition) is 0. The minimum Gasteiger partial charge on any atom is -0.462 e. The van der Waals surface area contributed by atoms with Crippen molar-refractivity contribution in [3.05, 3.63) is 86.3 Å². The van der Waals surface area contributed by atoms with E-state index in [0.717, 1.165) is 28.3 Å². The zero-order valence-electron chi connectivity index (χ0n) is 18.9. The van der Waals surface area contributed by atoms with E-state index in [1.165, 1.54) is 47.0 Å². The van der Waals surface area contributed by atoms with Crippen LogP contribution in [0.4, 0.5) is 17.1 Å². The Bertz CT molecular complexity index is 1540. The zero-order chi connectivity index (χ0) is 26.4. The number of fused-ring (bicyclic) bond motifs is 4. The van der Waals surface area contributed by atoms with Crippen LogP contribution in [0, 0.1) is 30.3 Å². The van der Waals surface area contributed by atoms with Crippen molar-refractivity contribution in [2.75, 3.05) is 6.61 Å². The summed E-state index contributed by atoms with van der Waals surface area (Å²) in [7, 11) is 0. The number of hydrogen-bond acceptors (Lipinski definition) is 11. The average molecular weight is 558 g/mol. The number of nitro benzene ring substituents is 3. The number of benzene rings is 2. The summed E-state index contributed by atoms with van der Waals surface area (Å²) in [6.45, 7) is 1.97. The first-order chi connectivity index (χ1) is 17.7. The Kier molecular flexibility index (Phi) is 6.47. The molecule has 37 heavy (non-hydrogen) atoms. The summed E-state index contributed by atoms with van der Waals surface area (Å²) < 4.78 is 5.99. The number of ether oxygens (including phenoxy) is 1. The highest BCUT2D eigenvalue weighted by Gasteiger charge is 2.41. The predicted molar refractivity (Wildman–Crippen MR) is 139 cm³/mol. The fourth-order valence-electron chi connectivity index (χ4n) is 4.18. The van der Waals surface area contributed by atoms with E-state index in [1.807, 2.05) is 17.7 Å². The number of esters is 1. The summed E-state index contributed by atoms with van der Waals surface area (Å²) in [6.07, 6.45) is 1.31. The predicted octanol–water partition coefficient (Wildman–Crippen LogP) is 7.02. The Labute approximate surface area is 221 Å². The van der Waals surface area contributed by atoms with Crippen LogP contribution in [0.5, 0.6) is 0 Å². The van der Waals surface area contributed by atoms with Crippen molar-refractivity contribution < 1.29 is 24.3 Å². The Morgan fingerprint density at radius 2 is 1.46 bits per heavy atom. The lowest BCUT2D eigenvalue weighted by molar-refractivity contribution is -0.393. The molecule has 2 aliphatic rings. The third-order valence-electron chi connectivity index (χ3n) is 5.79. The fraction of sp³-hybridized carbons (Fsp3) is 0.174. The van der Waals surface area contributed by atoms with Gasteiger partial charge >= 0.3 is 5.97 Å². The molecule has 0 saturated carbocycles. The molecule has 0 bridgehead atoms.